The minimum Gasteiger partial charge on any atom is -0.454 e. The van der Waals surface area contributed by atoms with Crippen molar-refractivity contribution in [2.24, 2.45) is 0 Å². The average Bonchev–Trinajstić information content (AvgIpc) is 2.64. The van der Waals surface area contributed by atoms with Crippen molar-refractivity contribution in [1.29, 1.82) is 0 Å². The molecule has 1 aromatic carbocycles. The topological polar surface area (TPSA) is 38.7 Å². The summed E-state index contributed by atoms with van der Waals surface area (Å²) in [6, 6.07) is 3.38. The first-order valence-corrected chi connectivity index (χ1v) is 5.25. The molecule has 1 N–H and O–H groups in total. The molecule has 3 nitrogen and oxygen atoms in total. The SMILES string of the molecule is CC(C)(F)c1cc(CCO)c2c(c1)OCO2. The Morgan fingerprint density at radius 3 is 2.75 bits per heavy atom. The van der Waals surface area contributed by atoms with Crippen LogP contribution in [0.4, 0.5) is 4.39 Å². The highest BCUT2D eigenvalue weighted by molar-refractivity contribution is 5.52. The quantitative estimate of drug-likeness (QED) is 0.858. The fourth-order valence-electron chi connectivity index (χ4n) is 1.73. The van der Waals surface area contributed by atoms with Gasteiger partial charge in [-0.3, -0.25) is 0 Å². The molecule has 0 radical (unpaired) electrons. The van der Waals surface area contributed by atoms with Crippen LogP contribution in [0, 0.1) is 0 Å². The molecule has 0 atom stereocenters. The van der Waals surface area contributed by atoms with Crippen LogP contribution in [0.25, 0.3) is 0 Å². The molecule has 0 saturated heterocycles. The molecule has 0 aliphatic carbocycles. The van der Waals surface area contributed by atoms with Crippen LogP contribution in [0.5, 0.6) is 11.5 Å². The minimum absolute atomic E-state index is 0.00592. The highest BCUT2D eigenvalue weighted by atomic mass is 19.1. The van der Waals surface area contributed by atoms with Gasteiger partial charge >= 0.3 is 0 Å². The molecule has 0 saturated carbocycles. The summed E-state index contributed by atoms with van der Waals surface area (Å²) in [5.74, 6) is 1.19. The Morgan fingerprint density at radius 1 is 1.38 bits per heavy atom. The third-order valence-corrected chi connectivity index (χ3v) is 2.62. The number of aliphatic hydroxyl groups excluding tert-OH is 1. The van der Waals surface area contributed by atoms with Crippen LogP contribution >= 0.6 is 0 Å². The number of aliphatic hydroxyl groups is 1. The Hall–Kier alpha value is -1.29. The molecule has 16 heavy (non-hydrogen) atoms. The minimum atomic E-state index is -1.43. The summed E-state index contributed by atoms with van der Waals surface area (Å²) in [5, 5.41) is 8.95. The van der Waals surface area contributed by atoms with Gasteiger partial charge in [-0.2, -0.15) is 0 Å². The lowest BCUT2D eigenvalue weighted by Gasteiger charge is -2.17. The number of halogens is 1. The molecule has 0 fully saturated rings. The Balaban J connectivity index is 2.47. The van der Waals surface area contributed by atoms with Crippen molar-refractivity contribution in [3.8, 4) is 11.5 Å². The smallest absolute Gasteiger partial charge is 0.231 e. The maximum atomic E-state index is 13.9. The first-order valence-electron chi connectivity index (χ1n) is 5.25. The van der Waals surface area contributed by atoms with Crippen LogP contribution < -0.4 is 9.47 Å². The third kappa shape index (κ3) is 1.97. The summed E-state index contributed by atoms with van der Waals surface area (Å²) in [5.41, 5.74) is -0.0935. The van der Waals surface area contributed by atoms with E-state index in [2.05, 4.69) is 0 Å². The van der Waals surface area contributed by atoms with Gasteiger partial charge in [0.2, 0.25) is 6.79 Å². The predicted molar refractivity (Wildman–Crippen MR) is 57.5 cm³/mol. The third-order valence-electron chi connectivity index (χ3n) is 2.62. The van der Waals surface area contributed by atoms with Crippen LogP contribution in [0.15, 0.2) is 12.1 Å². The maximum Gasteiger partial charge on any atom is 0.231 e. The van der Waals surface area contributed by atoms with E-state index in [-0.39, 0.29) is 13.4 Å². The zero-order valence-electron chi connectivity index (χ0n) is 9.42. The van der Waals surface area contributed by atoms with Crippen molar-refractivity contribution in [2.75, 3.05) is 13.4 Å². The summed E-state index contributed by atoms with van der Waals surface area (Å²) < 4.78 is 24.4. The summed E-state index contributed by atoms with van der Waals surface area (Å²) >= 11 is 0. The van der Waals surface area contributed by atoms with E-state index >= 15 is 0 Å². The van der Waals surface area contributed by atoms with E-state index in [9.17, 15) is 4.39 Å². The van der Waals surface area contributed by atoms with Crippen LogP contribution in [-0.4, -0.2) is 18.5 Å². The summed E-state index contributed by atoms with van der Waals surface area (Å²) in [7, 11) is 0. The fourth-order valence-corrected chi connectivity index (χ4v) is 1.73. The number of alkyl halides is 1. The van der Waals surface area contributed by atoms with Crippen LogP contribution in [0.1, 0.15) is 25.0 Å². The Morgan fingerprint density at radius 2 is 2.12 bits per heavy atom. The predicted octanol–water partition coefficient (Wildman–Crippen LogP) is 2.15. The van der Waals surface area contributed by atoms with Crippen molar-refractivity contribution in [1.82, 2.24) is 0 Å². The molecule has 88 valence electrons. The molecule has 0 aromatic heterocycles. The molecule has 4 heteroatoms. The van der Waals surface area contributed by atoms with Crippen LogP contribution in [0.2, 0.25) is 0 Å². The van der Waals surface area contributed by atoms with E-state index in [1.807, 2.05) is 0 Å². The first-order chi connectivity index (χ1) is 7.52. The van der Waals surface area contributed by atoms with Crippen molar-refractivity contribution >= 4 is 0 Å². The van der Waals surface area contributed by atoms with Crippen molar-refractivity contribution < 1.29 is 19.0 Å². The zero-order chi connectivity index (χ0) is 11.8. The van der Waals surface area contributed by atoms with Gasteiger partial charge in [-0.25, -0.2) is 4.39 Å². The summed E-state index contributed by atoms with van der Waals surface area (Å²) in [6.07, 6.45) is 0.440. The molecule has 0 unspecified atom stereocenters. The average molecular weight is 226 g/mol. The normalized spacial score (nSPS) is 14.2. The van der Waals surface area contributed by atoms with Gasteiger partial charge in [0.15, 0.2) is 11.5 Å². The van der Waals surface area contributed by atoms with Crippen LogP contribution in [-0.2, 0) is 12.1 Å². The zero-order valence-corrected chi connectivity index (χ0v) is 9.42. The van der Waals surface area contributed by atoms with Crippen molar-refractivity contribution in [2.45, 2.75) is 25.9 Å². The summed E-state index contributed by atoms with van der Waals surface area (Å²) in [4.78, 5) is 0. The maximum absolute atomic E-state index is 13.9. The van der Waals surface area contributed by atoms with E-state index < -0.39 is 5.67 Å². The van der Waals surface area contributed by atoms with E-state index in [1.54, 1.807) is 12.1 Å². The first kappa shape index (κ1) is 11.2. The van der Waals surface area contributed by atoms with E-state index in [4.69, 9.17) is 14.6 Å². The Bertz CT molecular complexity index is 396. The summed E-state index contributed by atoms with van der Waals surface area (Å²) in [6.45, 7) is 3.15. The van der Waals surface area contributed by atoms with Gasteiger partial charge in [0.25, 0.3) is 0 Å². The largest absolute Gasteiger partial charge is 0.454 e. The van der Waals surface area contributed by atoms with Gasteiger partial charge in [0.05, 0.1) is 0 Å². The van der Waals surface area contributed by atoms with Gasteiger partial charge in [-0.1, -0.05) is 0 Å². The molecule has 0 amide bonds. The molecule has 1 aliphatic rings. The standard InChI is InChI=1S/C12H15FO3/c1-12(2,13)9-5-8(3-4-14)11-10(6-9)15-7-16-11/h5-6,14H,3-4,7H2,1-2H3. The van der Waals surface area contributed by atoms with Crippen LogP contribution in [0.3, 0.4) is 0 Å². The molecule has 0 spiro atoms. The fraction of sp³-hybridized carbons (Fsp3) is 0.500. The molecular weight excluding hydrogens is 211 g/mol. The molecule has 1 aromatic rings. The van der Waals surface area contributed by atoms with Gasteiger partial charge in [0.1, 0.15) is 5.67 Å². The van der Waals surface area contributed by atoms with Crippen molar-refractivity contribution in [3.05, 3.63) is 23.3 Å². The molecule has 2 rings (SSSR count). The Labute approximate surface area is 93.8 Å². The number of fused-ring (bicyclic) bond motifs is 1. The lowest BCUT2D eigenvalue weighted by molar-refractivity contribution is 0.172. The molecule has 1 aliphatic heterocycles. The van der Waals surface area contributed by atoms with E-state index in [0.717, 1.165) is 5.56 Å². The number of rotatable bonds is 3. The molecule has 0 bridgehead atoms. The highest BCUT2D eigenvalue weighted by Gasteiger charge is 2.25. The van der Waals surface area contributed by atoms with E-state index in [1.165, 1.54) is 13.8 Å². The number of benzene rings is 1. The highest BCUT2D eigenvalue weighted by Crippen LogP contribution is 2.40. The number of hydrogen-bond acceptors (Lipinski definition) is 3. The monoisotopic (exact) mass is 226 g/mol. The van der Waals surface area contributed by atoms with Gasteiger partial charge < -0.3 is 14.6 Å². The lowest BCUT2D eigenvalue weighted by atomic mass is 9.96. The van der Waals surface area contributed by atoms with Gasteiger partial charge in [0, 0.05) is 12.2 Å². The Kier molecular flexibility index (Phi) is 2.76. The number of hydrogen-bond donors (Lipinski definition) is 1. The second-order valence-corrected chi connectivity index (χ2v) is 4.32. The second-order valence-electron chi connectivity index (χ2n) is 4.32. The molecule has 1 heterocycles. The van der Waals surface area contributed by atoms with Gasteiger partial charge in [-0.05, 0) is 38.0 Å². The molecular formula is C12H15FO3. The van der Waals surface area contributed by atoms with E-state index in [0.29, 0.717) is 23.5 Å². The lowest BCUT2D eigenvalue weighted by Crippen LogP contribution is -2.10. The second kappa shape index (κ2) is 3.94. The van der Waals surface area contributed by atoms with Gasteiger partial charge in [-0.15, -0.1) is 0 Å². The van der Waals surface area contributed by atoms with Crippen molar-refractivity contribution in [3.63, 3.8) is 0 Å². The number of ether oxygens (including phenoxy) is 2.